The van der Waals surface area contributed by atoms with Gasteiger partial charge in [0.15, 0.2) is 5.78 Å². The number of ketones is 1. The van der Waals surface area contributed by atoms with Crippen molar-refractivity contribution in [1.29, 1.82) is 0 Å². The fourth-order valence-electron chi connectivity index (χ4n) is 2.60. The van der Waals surface area contributed by atoms with Crippen molar-refractivity contribution in [3.8, 4) is 5.75 Å². The largest absolute Gasteiger partial charge is 0.496 e. The lowest BCUT2D eigenvalue weighted by Gasteiger charge is -2.21. The van der Waals surface area contributed by atoms with E-state index < -0.39 is 6.04 Å². The molecule has 2 aromatic rings. The molecule has 0 bridgehead atoms. The van der Waals surface area contributed by atoms with E-state index in [0.717, 1.165) is 11.3 Å². The first-order chi connectivity index (χ1) is 11.9. The molecule has 2 rings (SSSR count). The molecule has 0 saturated carbocycles. The van der Waals surface area contributed by atoms with Crippen molar-refractivity contribution in [2.45, 2.75) is 32.9 Å². The maximum atomic E-state index is 12.4. The molecule has 5 heteroatoms. The van der Waals surface area contributed by atoms with Gasteiger partial charge in [-0.15, -0.1) is 0 Å². The third-order valence-electron chi connectivity index (χ3n) is 4.06. The number of methoxy groups -OCH3 is 1. The molecule has 1 amide bonds. The Kier molecular flexibility index (Phi) is 6.31. The van der Waals surface area contributed by atoms with Crippen LogP contribution in [0, 0.1) is 0 Å². The number of benzene rings is 2. The van der Waals surface area contributed by atoms with E-state index in [1.807, 2.05) is 38.1 Å². The highest BCUT2D eigenvalue weighted by Gasteiger charge is 2.18. The fourth-order valence-corrected chi connectivity index (χ4v) is 2.60. The number of rotatable bonds is 7. The maximum Gasteiger partial charge on any atom is 0.241 e. The molecule has 132 valence electrons. The minimum atomic E-state index is -0.396. The van der Waals surface area contributed by atoms with Gasteiger partial charge in [-0.25, -0.2) is 0 Å². The number of ether oxygens (including phenoxy) is 1. The molecule has 0 radical (unpaired) electrons. The lowest BCUT2D eigenvalue weighted by molar-refractivity contribution is -0.117. The first-order valence-corrected chi connectivity index (χ1v) is 8.23. The zero-order valence-corrected chi connectivity index (χ0v) is 15.0. The van der Waals surface area contributed by atoms with E-state index in [4.69, 9.17) is 4.74 Å². The van der Waals surface area contributed by atoms with Crippen molar-refractivity contribution in [3.63, 3.8) is 0 Å². The van der Waals surface area contributed by atoms with Crippen LogP contribution in [-0.4, -0.2) is 24.8 Å². The van der Waals surface area contributed by atoms with Crippen molar-refractivity contribution in [3.05, 3.63) is 59.7 Å². The molecule has 0 unspecified atom stereocenters. The number of para-hydroxylation sites is 1. The summed E-state index contributed by atoms with van der Waals surface area (Å²) in [7, 11) is 1.63. The van der Waals surface area contributed by atoms with E-state index in [1.165, 1.54) is 6.92 Å². The van der Waals surface area contributed by atoms with Crippen LogP contribution in [0.2, 0.25) is 0 Å². The van der Waals surface area contributed by atoms with Crippen LogP contribution in [0.1, 0.15) is 42.7 Å². The van der Waals surface area contributed by atoms with E-state index in [1.54, 1.807) is 31.4 Å². The van der Waals surface area contributed by atoms with Crippen LogP contribution in [0.25, 0.3) is 0 Å². The molecule has 0 fully saturated rings. The first-order valence-electron chi connectivity index (χ1n) is 8.23. The number of carbonyl (C=O) groups excluding carboxylic acids is 2. The quantitative estimate of drug-likeness (QED) is 0.756. The zero-order chi connectivity index (χ0) is 18.4. The van der Waals surface area contributed by atoms with Gasteiger partial charge in [0, 0.05) is 22.9 Å². The van der Waals surface area contributed by atoms with E-state index in [-0.39, 0.29) is 17.7 Å². The Hall–Kier alpha value is -2.66. The van der Waals surface area contributed by atoms with Crippen molar-refractivity contribution >= 4 is 17.4 Å². The normalized spacial score (nSPS) is 13.0. The molecule has 0 aromatic heterocycles. The minimum Gasteiger partial charge on any atom is -0.496 e. The van der Waals surface area contributed by atoms with Gasteiger partial charge in [-0.2, -0.15) is 0 Å². The van der Waals surface area contributed by atoms with Crippen molar-refractivity contribution in [2.75, 3.05) is 12.4 Å². The Morgan fingerprint density at radius 1 is 1.00 bits per heavy atom. The summed E-state index contributed by atoms with van der Waals surface area (Å²) in [6, 6.07) is 14.1. The molecule has 25 heavy (non-hydrogen) atoms. The van der Waals surface area contributed by atoms with E-state index in [0.29, 0.717) is 11.3 Å². The van der Waals surface area contributed by atoms with Gasteiger partial charge in [0.05, 0.1) is 13.2 Å². The number of nitrogens with one attached hydrogen (secondary N) is 2. The summed E-state index contributed by atoms with van der Waals surface area (Å²) in [6.07, 6.45) is 0. The summed E-state index contributed by atoms with van der Waals surface area (Å²) in [5.74, 6) is 0.644. The molecule has 0 spiro atoms. The summed E-state index contributed by atoms with van der Waals surface area (Å²) in [5.41, 5.74) is 2.28. The van der Waals surface area contributed by atoms with Crippen LogP contribution < -0.4 is 15.4 Å². The molecule has 2 aromatic carbocycles. The van der Waals surface area contributed by atoms with Crippen LogP contribution in [0.3, 0.4) is 0 Å². The molecule has 0 aliphatic rings. The number of carbonyl (C=O) groups is 2. The second-order valence-electron chi connectivity index (χ2n) is 5.97. The summed E-state index contributed by atoms with van der Waals surface area (Å²) < 4.78 is 5.37. The summed E-state index contributed by atoms with van der Waals surface area (Å²) in [6.45, 7) is 5.31. The standard InChI is InChI=1S/C20H24N2O3/c1-13(18-7-5-6-8-19(18)25-4)21-14(2)20(24)22-17-11-9-16(10-12-17)15(3)23/h5-14,21H,1-4H3,(H,22,24)/t13-,14-/m1/s1. The predicted molar refractivity (Wildman–Crippen MR) is 99.1 cm³/mol. The lowest BCUT2D eigenvalue weighted by Crippen LogP contribution is -2.39. The van der Waals surface area contributed by atoms with E-state index >= 15 is 0 Å². The highest BCUT2D eigenvalue weighted by atomic mass is 16.5. The van der Waals surface area contributed by atoms with Crippen molar-refractivity contribution in [2.24, 2.45) is 0 Å². The van der Waals surface area contributed by atoms with Gasteiger partial charge in [0.1, 0.15) is 5.75 Å². The SMILES string of the molecule is COc1ccccc1[C@@H](C)N[C@H](C)C(=O)Nc1ccc(C(C)=O)cc1. The molecule has 0 heterocycles. The average Bonchev–Trinajstić information content (AvgIpc) is 2.61. The Bertz CT molecular complexity index is 741. The van der Waals surface area contributed by atoms with Gasteiger partial charge in [0.2, 0.25) is 5.91 Å². The van der Waals surface area contributed by atoms with Gasteiger partial charge < -0.3 is 10.1 Å². The van der Waals surface area contributed by atoms with Gasteiger partial charge in [-0.1, -0.05) is 18.2 Å². The van der Waals surface area contributed by atoms with Gasteiger partial charge in [-0.05, 0) is 51.1 Å². The molecule has 2 N–H and O–H groups in total. The van der Waals surface area contributed by atoms with E-state index in [9.17, 15) is 9.59 Å². The zero-order valence-electron chi connectivity index (χ0n) is 15.0. The van der Waals surface area contributed by atoms with Crippen LogP contribution in [0.5, 0.6) is 5.75 Å². The smallest absolute Gasteiger partial charge is 0.241 e. The summed E-state index contributed by atoms with van der Waals surface area (Å²) in [5, 5.41) is 6.12. The minimum absolute atomic E-state index is 0.00135. The second kappa shape index (κ2) is 8.44. The fraction of sp³-hybridized carbons (Fsp3) is 0.300. The molecular weight excluding hydrogens is 316 g/mol. The summed E-state index contributed by atoms with van der Waals surface area (Å²) in [4.78, 5) is 23.7. The van der Waals surface area contributed by atoms with Gasteiger partial charge >= 0.3 is 0 Å². The Morgan fingerprint density at radius 2 is 1.64 bits per heavy atom. The highest BCUT2D eigenvalue weighted by Crippen LogP contribution is 2.24. The highest BCUT2D eigenvalue weighted by molar-refractivity contribution is 5.97. The molecular formula is C20H24N2O3. The van der Waals surface area contributed by atoms with Crippen LogP contribution in [0.15, 0.2) is 48.5 Å². The number of hydrogen-bond donors (Lipinski definition) is 2. The third-order valence-corrected chi connectivity index (χ3v) is 4.06. The predicted octanol–water partition coefficient (Wildman–Crippen LogP) is 3.58. The molecule has 0 aliphatic carbocycles. The number of amides is 1. The van der Waals surface area contributed by atoms with Crippen molar-refractivity contribution in [1.82, 2.24) is 5.32 Å². The summed E-state index contributed by atoms with van der Waals surface area (Å²) >= 11 is 0. The molecule has 0 aliphatic heterocycles. The number of hydrogen-bond acceptors (Lipinski definition) is 4. The van der Waals surface area contributed by atoms with Gasteiger partial charge in [0.25, 0.3) is 0 Å². The topological polar surface area (TPSA) is 67.4 Å². The van der Waals surface area contributed by atoms with Gasteiger partial charge in [-0.3, -0.25) is 14.9 Å². The first kappa shape index (κ1) is 18.7. The lowest BCUT2D eigenvalue weighted by atomic mass is 10.1. The number of Topliss-reactive ketones (excluding diaryl/α,β-unsaturated/α-hetero) is 1. The van der Waals surface area contributed by atoms with E-state index in [2.05, 4.69) is 10.6 Å². The third kappa shape index (κ3) is 4.90. The Balaban J connectivity index is 1.98. The monoisotopic (exact) mass is 340 g/mol. The van der Waals surface area contributed by atoms with Crippen LogP contribution in [0.4, 0.5) is 5.69 Å². The molecule has 5 nitrogen and oxygen atoms in total. The molecule has 2 atom stereocenters. The Labute approximate surface area is 148 Å². The second-order valence-corrected chi connectivity index (χ2v) is 5.97. The van der Waals surface area contributed by atoms with Crippen molar-refractivity contribution < 1.29 is 14.3 Å². The number of anilines is 1. The Morgan fingerprint density at radius 3 is 2.24 bits per heavy atom. The maximum absolute atomic E-state index is 12.4. The van der Waals surface area contributed by atoms with Crippen LogP contribution >= 0.6 is 0 Å². The molecule has 0 saturated heterocycles. The van der Waals surface area contributed by atoms with Crippen LogP contribution in [-0.2, 0) is 4.79 Å². The average molecular weight is 340 g/mol.